The van der Waals surface area contributed by atoms with Gasteiger partial charge in [-0.2, -0.15) is 0 Å². The number of benzene rings is 1. The molecule has 0 heterocycles. The molecule has 0 spiro atoms. The van der Waals surface area contributed by atoms with Crippen LogP contribution in [0, 0.1) is 18.2 Å². The second-order valence-corrected chi connectivity index (χ2v) is 2.68. The first-order valence-corrected chi connectivity index (χ1v) is 3.52. The summed E-state index contributed by atoms with van der Waals surface area (Å²) in [5.41, 5.74) is 0.386. The zero-order valence-corrected chi connectivity index (χ0v) is 6.88. The lowest BCUT2D eigenvalue weighted by Crippen LogP contribution is -1.81. The van der Waals surface area contributed by atoms with Gasteiger partial charge < -0.3 is 0 Å². The maximum Gasteiger partial charge on any atom is 0.144 e. The minimum atomic E-state index is -0.591. The van der Waals surface area contributed by atoms with Crippen molar-refractivity contribution in [2.45, 2.75) is 0 Å². The molecule has 1 aromatic carbocycles. The lowest BCUT2D eigenvalue weighted by molar-refractivity contribution is 0.628. The Morgan fingerprint density at radius 2 is 2.00 bits per heavy atom. The number of hydrogen-bond donors (Lipinski definition) is 0. The molecule has 0 saturated carbocycles. The molecule has 1 aromatic rings. The van der Waals surface area contributed by atoms with E-state index in [0.717, 1.165) is 6.07 Å². The van der Waals surface area contributed by atoms with Crippen LogP contribution in [-0.2, 0) is 0 Å². The summed E-state index contributed by atoms with van der Waals surface area (Å²) in [6.07, 6.45) is 5.02. The largest absolute Gasteiger partial charge is 0.205 e. The van der Waals surface area contributed by atoms with Crippen LogP contribution in [0.1, 0.15) is 5.56 Å². The first kappa shape index (κ1) is 8.39. The lowest BCUT2D eigenvalue weighted by atomic mass is 10.2. The SMILES string of the molecule is C#Cc1cc(F)c(Cl)c(Cl)c1. The molecule has 0 aromatic heterocycles. The van der Waals surface area contributed by atoms with E-state index >= 15 is 0 Å². The van der Waals surface area contributed by atoms with Crippen molar-refractivity contribution in [1.82, 2.24) is 0 Å². The van der Waals surface area contributed by atoms with Crippen LogP contribution in [-0.4, -0.2) is 0 Å². The van der Waals surface area contributed by atoms with Crippen molar-refractivity contribution in [2.75, 3.05) is 0 Å². The predicted molar refractivity (Wildman–Crippen MR) is 44.4 cm³/mol. The number of halogens is 3. The van der Waals surface area contributed by atoms with Crippen molar-refractivity contribution in [3.8, 4) is 12.3 Å². The van der Waals surface area contributed by atoms with Gasteiger partial charge in [0.15, 0.2) is 0 Å². The summed E-state index contributed by atoms with van der Waals surface area (Å²) in [4.78, 5) is 0. The van der Waals surface area contributed by atoms with Crippen LogP contribution < -0.4 is 0 Å². The highest BCUT2D eigenvalue weighted by Gasteiger charge is 2.05. The maximum atomic E-state index is 12.7. The fourth-order valence-corrected chi connectivity index (χ4v) is 0.956. The molecule has 0 saturated heterocycles. The molecule has 0 fully saturated rings. The Hall–Kier alpha value is -0.710. The van der Waals surface area contributed by atoms with E-state index in [9.17, 15) is 4.39 Å². The Kier molecular flexibility index (Phi) is 2.38. The average Bonchev–Trinajstić information content (AvgIpc) is 1.99. The molecule has 0 radical (unpaired) electrons. The normalized spacial score (nSPS) is 9.27. The molecule has 0 atom stereocenters. The fraction of sp³-hybridized carbons (Fsp3) is 0. The minimum absolute atomic E-state index is 0.0920. The Morgan fingerprint density at radius 3 is 2.45 bits per heavy atom. The smallest absolute Gasteiger partial charge is 0.144 e. The molecular weight excluding hydrogens is 186 g/mol. The Balaban J connectivity index is 3.35. The maximum absolute atomic E-state index is 12.7. The zero-order valence-electron chi connectivity index (χ0n) is 5.37. The van der Waals surface area contributed by atoms with E-state index in [0.29, 0.717) is 5.56 Å². The van der Waals surface area contributed by atoms with Gasteiger partial charge in [0.05, 0.1) is 10.0 Å². The van der Waals surface area contributed by atoms with E-state index in [1.807, 2.05) is 0 Å². The third-order valence-corrected chi connectivity index (χ3v) is 1.93. The van der Waals surface area contributed by atoms with Crippen LogP contribution in [0.25, 0.3) is 0 Å². The summed E-state index contributed by atoms with van der Waals surface area (Å²) >= 11 is 11.0. The van der Waals surface area contributed by atoms with Crippen LogP contribution in [0.4, 0.5) is 4.39 Å². The summed E-state index contributed by atoms with van der Waals surface area (Å²) < 4.78 is 12.7. The molecular formula is C8H3Cl2F. The van der Waals surface area contributed by atoms with Gasteiger partial charge in [0.1, 0.15) is 5.82 Å². The summed E-state index contributed by atoms with van der Waals surface area (Å²) in [6, 6.07) is 2.60. The Morgan fingerprint density at radius 1 is 1.36 bits per heavy atom. The molecule has 0 nitrogen and oxygen atoms in total. The van der Waals surface area contributed by atoms with E-state index < -0.39 is 5.82 Å². The number of terminal acetylenes is 1. The van der Waals surface area contributed by atoms with Gasteiger partial charge in [-0.05, 0) is 12.1 Å². The number of rotatable bonds is 0. The van der Waals surface area contributed by atoms with Crippen LogP contribution in [0.3, 0.4) is 0 Å². The standard InChI is InChI=1S/C8H3Cl2F/c1-2-5-3-6(9)8(10)7(11)4-5/h1,3-4H. The lowest BCUT2D eigenvalue weighted by Gasteiger charge is -1.97. The summed E-state index contributed by atoms with van der Waals surface area (Å²) in [6.45, 7) is 0. The first-order valence-electron chi connectivity index (χ1n) is 2.76. The van der Waals surface area contributed by atoms with Crippen molar-refractivity contribution in [1.29, 1.82) is 0 Å². The van der Waals surface area contributed by atoms with Gasteiger partial charge in [0, 0.05) is 5.56 Å². The molecule has 11 heavy (non-hydrogen) atoms. The van der Waals surface area contributed by atoms with Gasteiger partial charge >= 0.3 is 0 Å². The summed E-state index contributed by atoms with van der Waals surface area (Å²) in [5.74, 6) is 1.66. The van der Waals surface area contributed by atoms with Crippen LogP contribution >= 0.6 is 23.2 Å². The molecule has 0 bridgehead atoms. The topological polar surface area (TPSA) is 0 Å². The Bertz CT molecular complexity index is 302. The third-order valence-electron chi connectivity index (χ3n) is 1.15. The second-order valence-electron chi connectivity index (χ2n) is 1.90. The molecule has 56 valence electrons. The van der Waals surface area contributed by atoms with Crippen molar-refractivity contribution < 1.29 is 4.39 Å². The monoisotopic (exact) mass is 188 g/mol. The van der Waals surface area contributed by atoms with Gasteiger partial charge in [-0.1, -0.05) is 29.1 Å². The van der Waals surface area contributed by atoms with Crippen molar-refractivity contribution in [3.63, 3.8) is 0 Å². The Labute approximate surface area is 73.9 Å². The van der Waals surface area contributed by atoms with E-state index in [1.165, 1.54) is 6.07 Å². The predicted octanol–water partition coefficient (Wildman–Crippen LogP) is 3.11. The van der Waals surface area contributed by atoms with E-state index in [1.54, 1.807) is 0 Å². The highest BCUT2D eigenvalue weighted by molar-refractivity contribution is 6.42. The molecule has 1 rings (SSSR count). The molecule has 0 unspecified atom stereocenters. The molecule has 3 heteroatoms. The van der Waals surface area contributed by atoms with E-state index in [4.69, 9.17) is 29.6 Å². The van der Waals surface area contributed by atoms with E-state index in [-0.39, 0.29) is 10.0 Å². The molecule has 0 aliphatic carbocycles. The van der Waals surface area contributed by atoms with Crippen molar-refractivity contribution in [3.05, 3.63) is 33.6 Å². The highest BCUT2D eigenvalue weighted by Crippen LogP contribution is 2.25. The van der Waals surface area contributed by atoms with Crippen LogP contribution in [0.5, 0.6) is 0 Å². The molecule has 0 aliphatic heterocycles. The van der Waals surface area contributed by atoms with Crippen molar-refractivity contribution in [2.24, 2.45) is 0 Å². The first-order chi connectivity index (χ1) is 5.15. The minimum Gasteiger partial charge on any atom is -0.205 e. The van der Waals surface area contributed by atoms with Gasteiger partial charge in [-0.25, -0.2) is 4.39 Å². The molecule has 0 N–H and O–H groups in total. The van der Waals surface area contributed by atoms with Crippen LogP contribution in [0.15, 0.2) is 12.1 Å². The zero-order chi connectivity index (χ0) is 8.43. The van der Waals surface area contributed by atoms with Gasteiger partial charge in [-0.3, -0.25) is 0 Å². The quantitative estimate of drug-likeness (QED) is 0.434. The van der Waals surface area contributed by atoms with Crippen LogP contribution in [0.2, 0.25) is 10.0 Å². The number of hydrogen-bond acceptors (Lipinski definition) is 0. The second kappa shape index (κ2) is 3.13. The van der Waals surface area contributed by atoms with E-state index in [2.05, 4.69) is 5.92 Å². The molecule has 0 aliphatic rings. The van der Waals surface area contributed by atoms with Gasteiger partial charge in [0.2, 0.25) is 0 Å². The van der Waals surface area contributed by atoms with Crippen molar-refractivity contribution >= 4 is 23.2 Å². The fourth-order valence-electron chi connectivity index (χ4n) is 0.639. The van der Waals surface area contributed by atoms with Gasteiger partial charge in [0.25, 0.3) is 0 Å². The van der Waals surface area contributed by atoms with Gasteiger partial charge in [-0.15, -0.1) is 6.42 Å². The third kappa shape index (κ3) is 1.65. The molecule has 0 amide bonds. The average molecular weight is 189 g/mol. The summed E-state index contributed by atoms with van der Waals surface area (Å²) in [5, 5.41) is 0.0466. The summed E-state index contributed by atoms with van der Waals surface area (Å²) in [7, 11) is 0. The highest BCUT2D eigenvalue weighted by atomic mass is 35.5.